The third-order valence-corrected chi connectivity index (χ3v) is 3.37. The van der Waals surface area contributed by atoms with Crippen molar-refractivity contribution in [2.45, 2.75) is 17.7 Å². The van der Waals surface area contributed by atoms with E-state index in [-0.39, 0.29) is 0 Å². The average Bonchev–Trinajstić information content (AvgIpc) is 2.30. The molecule has 3 heteroatoms. The third-order valence-electron chi connectivity index (χ3n) is 2.27. The number of thioether (sulfide) groups is 1. The molecule has 0 aliphatic carbocycles. The van der Waals surface area contributed by atoms with Crippen molar-refractivity contribution in [1.82, 2.24) is 0 Å². The zero-order valence-electron chi connectivity index (χ0n) is 9.13. The van der Waals surface area contributed by atoms with E-state index in [9.17, 15) is 4.79 Å². The molecule has 0 saturated carbocycles. The standard InChI is InChI=1S/C13H16O2S/c1-2-11(13(14)15)7-6-10-16-12-8-4-3-5-9-12/h2-5,8-9,11H,1,6-7,10H2,(H,14,15). The number of hydrogen-bond acceptors (Lipinski definition) is 2. The van der Waals surface area contributed by atoms with Crippen molar-refractivity contribution in [2.75, 3.05) is 5.75 Å². The van der Waals surface area contributed by atoms with Gasteiger partial charge in [-0.05, 0) is 30.7 Å². The number of benzene rings is 1. The molecule has 1 rings (SSSR count). The van der Waals surface area contributed by atoms with Crippen LogP contribution in [0.25, 0.3) is 0 Å². The van der Waals surface area contributed by atoms with E-state index in [1.165, 1.54) is 11.0 Å². The van der Waals surface area contributed by atoms with Crippen LogP contribution in [0.1, 0.15) is 12.8 Å². The lowest BCUT2D eigenvalue weighted by Gasteiger charge is -2.06. The Morgan fingerprint density at radius 1 is 1.44 bits per heavy atom. The molecule has 86 valence electrons. The van der Waals surface area contributed by atoms with E-state index in [0.29, 0.717) is 6.42 Å². The summed E-state index contributed by atoms with van der Waals surface area (Å²) < 4.78 is 0. The van der Waals surface area contributed by atoms with Crippen molar-refractivity contribution in [3.05, 3.63) is 43.0 Å². The first-order valence-corrected chi connectivity index (χ1v) is 6.26. The summed E-state index contributed by atoms with van der Waals surface area (Å²) in [6.45, 7) is 3.53. The summed E-state index contributed by atoms with van der Waals surface area (Å²) >= 11 is 1.76. The minimum absolute atomic E-state index is 0.406. The van der Waals surface area contributed by atoms with Crippen molar-refractivity contribution >= 4 is 17.7 Å². The van der Waals surface area contributed by atoms with Crippen LogP contribution in [-0.2, 0) is 4.79 Å². The fourth-order valence-electron chi connectivity index (χ4n) is 1.35. The highest BCUT2D eigenvalue weighted by molar-refractivity contribution is 7.99. The summed E-state index contributed by atoms with van der Waals surface area (Å²) in [6.07, 6.45) is 3.07. The Balaban J connectivity index is 2.21. The highest BCUT2D eigenvalue weighted by Crippen LogP contribution is 2.20. The molecule has 0 saturated heterocycles. The van der Waals surface area contributed by atoms with Gasteiger partial charge in [-0.25, -0.2) is 0 Å². The van der Waals surface area contributed by atoms with E-state index >= 15 is 0 Å². The van der Waals surface area contributed by atoms with Crippen molar-refractivity contribution in [2.24, 2.45) is 5.92 Å². The lowest BCUT2D eigenvalue weighted by Crippen LogP contribution is -2.10. The molecule has 1 unspecified atom stereocenters. The van der Waals surface area contributed by atoms with Gasteiger partial charge in [0.15, 0.2) is 0 Å². The van der Waals surface area contributed by atoms with Gasteiger partial charge < -0.3 is 5.11 Å². The summed E-state index contributed by atoms with van der Waals surface area (Å²) in [5.41, 5.74) is 0. The summed E-state index contributed by atoms with van der Waals surface area (Å²) in [7, 11) is 0. The monoisotopic (exact) mass is 236 g/mol. The molecule has 1 atom stereocenters. The molecule has 1 aromatic carbocycles. The predicted molar refractivity (Wildman–Crippen MR) is 67.7 cm³/mol. The normalized spacial score (nSPS) is 12.0. The fraction of sp³-hybridized carbons (Fsp3) is 0.308. The number of aliphatic carboxylic acids is 1. The van der Waals surface area contributed by atoms with Gasteiger partial charge in [0.1, 0.15) is 0 Å². The van der Waals surface area contributed by atoms with E-state index < -0.39 is 11.9 Å². The predicted octanol–water partition coefficient (Wildman–Crippen LogP) is 3.45. The first-order chi connectivity index (χ1) is 7.74. The second kappa shape index (κ2) is 7.12. The average molecular weight is 236 g/mol. The maximum atomic E-state index is 10.7. The first kappa shape index (κ1) is 12.8. The van der Waals surface area contributed by atoms with Crippen LogP contribution in [0.4, 0.5) is 0 Å². The molecule has 1 aromatic rings. The second-order valence-corrected chi connectivity index (χ2v) is 4.65. The molecular weight excluding hydrogens is 220 g/mol. The van der Waals surface area contributed by atoms with Gasteiger partial charge in [0.25, 0.3) is 0 Å². The number of carbonyl (C=O) groups is 1. The summed E-state index contributed by atoms with van der Waals surface area (Å²) in [5, 5.41) is 8.81. The summed E-state index contributed by atoms with van der Waals surface area (Å²) in [4.78, 5) is 11.9. The SMILES string of the molecule is C=CC(CCCSc1ccccc1)C(=O)O. The van der Waals surface area contributed by atoms with Crippen molar-refractivity contribution in [3.63, 3.8) is 0 Å². The van der Waals surface area contributed by atoms with Gasteiger partial charge in [-0.3, -0.25) is 4.79 Å². The van der Waals surface area contributed by atoms with E-state index in [2.05, 4.69) is 18.7 Å². The Labute approximate surface area is 100 Å². The maximum absolute atomic E-state index is 10.7. The molecule has 16 heavy (non-hydrogen) atoms. The summed E-state index contributed by atoms with van der Waals surface area (Å²) in [6, 6.07) is 10.1. The van der Waals surface area contributed by atoms with Gasteiger partial charge in [0, 0.05) is 4.90 Å². The number of hydrogen-bond donors (Lipinski definition) is 1. The lowest BCUT2D eigenvalue weighted by atomic mass is 10.1. The van der Waals surface area contributed by atoms with E-state index in [1.807, 2.05) is 18.2 Å². The highest BCUT2D eigenvalue weighted by Gasteiger charge is 2.11. The van der Waals surface area contributed by atoms with E-state index in [0.717, 1.165) is 12.2 Å². The van der Waals surface area contributed by atoms with Crippen molar-refractivity contribution in [3.8, 4) is 0 Å². The van der Waals surface area contributed by atoms with Crippen LogP contribution in [0.15, 0.2) is 47.9 Å². The Morgan fingerprint density at radius 2 is 2.12 bits per heavy atom. The van der Waals surface area contributed by atoms with E-state index in [4.69, 9.17) is 5.11 Å². The Bertz CT molecular complexity index is 335. The smallest absolute Gasteiger partial charge is 0.310 e. The topological polar surface area (TPSA) is 37.3 Å². The lowest BCUT2D eigenvalue weighted by molar-refractivity contribution is -0.140. The minimum atomic E-state index is -0.778. The largest absolute Gasteiger partial charge is 0.481 e. The fourth-order valence-corrected chi connectivity index (χ4v) is 2.25. The third kappa shape index (κ3) is 4.53. The maximum Gasteiger partial charge on any atom is 0.310 e. The Kier molecular flexibility index (Phi) is 5.72. The molecule has 0 amide bonds. The van der Waals surface area contributed by atoms with Gasteiger partial charge in [-0.2, -0.15) is 0 Å². The Hall–Kier alpha value is -1.22. The number of rotatable bonds is 7. The molecule has 0 bridgehead atoms. The zero-order valence-corrected chi connectivity index (χ0v) is 9.95. The van der Waals surface area contributed by atoms with Gasteiger partial charge in [0.05, 0.1) is 5.92 Å². The molecule has 0 spiro atoms. The molecule has 2 nitrogen and oxygen atoms in total. The van der Waals surface area contributed by atoms with Crippen LogP contribution in [0.2, 0.25) is 0 Å². The van der Waals surface area contributed by atoms with Gasteiger partial charge in [-0.15, -0.1) is 18.3 Å². The molecule has 0 aliphatic rings. The molecule has 0 aliphatic heterocycles. The molecule has 1 N–H and O–H groups in total. The highest BCUT2D eigenvalue weighted by atomic mass is 32.2. The van der Waals surface area contributed by atoms with Crippen LogP contribution in [0.5, 0.6) is 0 Å². The van der Waals surface area contributed by atoms with Crippen LogP contribution < -0.4 is 0 Å². The number of carboxylic acids is 1. The number of carboxylic acid groups (broad SMARTS) is 1. The molecule has 0 radical (unpaired) electrons. The quantitative estimate of drug-likeness (QED) is 0.447. The van der Waals surface area contributed by atoms with E-state index in [1.54, 1.807) is 11.8 Å². The second-order valence-electron chi connectivity index (χ2n) is 3.48. The van der Waals surface area contributed by atoms with Crippen LogP contribution >= 0.6 is 11.8 Å². The minimum Gasteiger partial charge on any atom is -0.481 e. The van der Waals surface area contributed by atoms with Crippen molar-refractivity contribution in [1.29, 1.82) is 0 Å². The van der Waals surface area contributed by atoms with Crippen LogP contribution in [0.3, 0.4) is 0 Å². The molecule has 0 fully saturated rings. The van der Waals surface area contributed by atoms with Crippen LogP contribution in [-0.4, -0.2) is 16.8 Å². The van der Waals surface area contributed by atoms with Crippen molar-refractivity contribution < 1.29 is 9.90 Å². The molecule has 0 heterocycles. The van der Waals surface area contributed by atoms with Crippen LogP contribution in [0, 0.1) is 5.92 Å². The zero-order chi connectivity index (χ0) is 11.8. The molecule has 0 aromatic heterocycles. The van der Waals surface area contributed by atoms with Gasteiger partial charge in [0.2, 0.25) is 0 Å². The first-order valence-electron chi connectivity index (χ1n) is 5.27. The Morgan fingerprint density at radius 3 is 2.69 bits per heavy atom. The molecular formula is C13H16O2S. The summed E-state index contributed by atoms with van der Waals surface area (Å²) in [5.74, 6) is -0.238. The van der Waals surface area contributed by atoms with Gasteiger partial charge >= 0.3 is 5.97 Å². The van der Waals surface area contributed by atoms with Gasteiger partial charge in [-0.1, -0.05) is 24.3 Å².